The number of aromatic carboxylic acids is 1. The Balaban J connectivity index is 3.14. The van der Waals surface area contributed by atoms with Gasteiger partial charge in [-0.15, -0.1) is 0 Å². The maximum Gasteiger partial charge on any atom is 0.305 e. The lowest BCUT2D eigenvalue weighted by molar-refractivity contribution is -0.297. The van der Waals surface area contributed by atoms with Gasteiger partial charge in [0.15, 0.2) is 0 Å². The number of carbonyl (C=O) groups excluding carboxylic acids is 2. The highest BCUT2D eigenvalue weighted by molar-refractivity contribution is 7.11. The van der Waals surface area contributed by atoms with Crippen molar-refractivity contribution < 1.29 is 19.8 Å². The Kier molecular flexibility index (Phi) is 2.82. The van der Waals surface area contributed by atoms with Crippen molar-refractivity contribution in [1.29, 1.82) is 0 Å². The van der Waals surface area contributed by atoms with Gasteiger partial charge in [0.05, 0.1) is 22.5 Å². The van der Waals surface area contributed by atoms with Gasteiger partial charge >= 0.3 is 4.87 Å². The highest BCUT2D eigenvalue weighted by Crippen LogP contribution is 2.09. The van der Waals surface area contributed by atoms with Crippen LogP contribution in [0.2, 0.25) is 0 Å². The second-order valence-electron chi connectivity index (χ2n) is 2.20. The van der Waals surface area contributed by atoms with Crippen molar-refractivity contribution in [2.45, 2.75) is 0 Å². The minimum Gasteiger partial charge on any atom is -0.545 e. The zero-order chi connectivity index (χ0) is 10.7. The van der Waals surface area contributed by atoms with Crippen LogP contribution in [0.5, 0.6) is 0 Å². The smallest absolute Gasteiger partial charge is 0.305 e. The first-order valence-electron chi connectivity index (χ1n) is 3.34. The number of thiazole rings is 1. The van der Waals surface area contributed by atoms with E-state index in [-0.39, 0.29) is 10.6 Å². The van der Waals surface area contributed by atoms with Crippen LogP contribution in [0.1, 0.15) is 15.4 Å². The summed E-state index contributed by atoms with van der Waals surface area (Å²) in [7, 11) is 0. The lowest BCUT2D eigenvalue weighted by Crippen LogP contribution is -2.22. The van der Waals surface area contributed by atoms with E-state index in [0.717, 1.165) is 6.08 Å². The lowest BCUT2D eigenvalue weighted by atomic mass is 10.3. The molecule has 0 atom stereocenters. The summed E-state index contributed by atoms with van der Waals surface area (Å²) in [5, 5.41) is 20.4. The van der Waals surface area contributed by atoms with E-state index < -0.39 is 16.8 Å². The number of nitrogens with one attached hydrogen (secondary N) is 1. The van der Waals surface area contributed by atoms with Crippen molar-refractivity contribution >= 4 is 29.4 Å². The molecule has 1 aromatic heterocycles. The van der Waals surface area contributed by atoms with Crippen LogP contribution in [0.3, 0.4) is 0 Å². The molecule has 1 rings (SSSR count). The third-order valence-electron chi connectivity index (χ3n) is 1.25. The summed E-state index contributed by atoms with van der Waals surface area (Å²) < 4.78 is 0. The van der Waals surface area contributed by atoms with Gasteiger partial charge in [-0.2, -0.15) is 0 Å². The predicted octanol–water partition coefficient (Wildman–Crippen LogP) is -2.44. The standard InChI is InChI=1S/C7H5NO5S/c9-4(10)2-1-3-5(6(11)12)14-7(13)8-3/h1-2H,(H,8,13)(H,9,10)(H,11,12)/p-2/b2-1-. The van der Waals surface area contributed by atoms with E-state index in [1.807, 2.05) is 0 Å². The molecule has 0 bridgehead atoms. The number of aromatic amines is 1. The van der Waals surface area contributed by atoms with Crippen molar-refractivity contribution in [2.75, 3.05) is 0 Å². The first kappa shape index (κ1) is 10.2. The summed E-state index contributed by atoms with van der Waals surface area (Å²) in [6.07, 6.45) is 1.54. The fourth-order valence-corrected chi connectivity index (χ4v) is 1.42. The molecule has 0 unspecified atom stereocenters. The number of hydrogen-bond acceptors (Lipinski definition) is 6. The molecule has 0 saturated heterocycles. The summed E-state index contributed by atoms with van der Waals surface area (Å²) in [5.74, 6) is -3.02. The van der Waals surface area contributed by atoms with Gasteiger partial charge in [-0.05, 0) is 12.2 Å². The van der Waals surface area contributed by atoms with Crippen LogP contribution in [0.4, 0.5) is 0 Å². The van der Waals surface area contributed by atoms with E-state index in [4.69, 9.17) is 0 Å². The van der Waals surface area contributed by atoms with Crippen LogP contribution in [0.15, 0.2) is 10.9 Å². The lowest BCUT2D eigenvalue weighted by Gasteiger charge is -1.98. The van der Waals surface area contributed by atoms with Gasteiger partial charge in [0, 0.05) is 0 Å². The summed E-state index contributed by atoms with van der Waals surface area (Å²) in [6.45, 7) is 0. The number of carboxylic acids is 2. The van der Waals surface area contributed by atoms with Crippen LogP contribution >= 0.6 is 11.3 Å². The van der Waals surface area contributed by atoms with Crippen LogP contribution in [-0.4, -0.2) is 16.9 Å². The molecule has 1 heterocycles. The number of aromatic nitrogens is 1. The third kappa shape index (κ3) is 2.30. The number of rotatable bonds is 3. The Bertz CT molecular complexity index is 455. The second-order valence-corrected chi connectivity index (χ2v) is 3.18. The molecule has 0 spiro atoms. The number of H-pyrrole nitrogens is 1. The summed E-state index contributed by atoms with van der Waals surface area (Å²) in [6, 6.07) is 0. The largest absolute Gasteiger partial charge is 0.545 e. The molecule has 6 nitrogen and oxygen atoms in total. The van der Waals surface area contributed by atoms with Crippen LogP contribution in [-0.2, 0) is 4.79 Å². The molecule has 0 aliphatic rings. The average Bonchev–Trinajstić information content (AvgIpc) is 2.43. The van der Waals surface area contributed by atoms with Crippen molar-refractivity contribution in [1.82, 2.24) is 4.98 Å². The fourth-order valence-electron chi connectivity index (χ4n) is 0.760. The predicted molar refractivity (Wildman–Crippen MR) is 43.3 cm³/mol. The Morgan fingerprint density at radius 2 is 2.00 bits per heavy atom. The molecule has 14 heavy (non-hydrogen) atoms. The molecule has 0 fully saturated rings. The summed E-state index contributed by atoms with van der Waals surface area (Å²) in [5.41, 5.74) is -0.107. The van der Waals surface area contributed by atoms with E-state index in [9.17, 15) is 24.6 Å². The third-order valence-corrected chi connectivity index (χ3v) is 2.13. The first-order chi connectivity index (χ1) is 6.50. The summed E-state index contributed by atoms with van der Waals surface area (Å²) >= 11 is 0.436. The quantitative estimate of drug-likeness (QED) is 0.560. The first-order valence-corrected chi connectivity index (χ1v) is 4.16. The molecule has 0 amide bonds. The van der Waals surface area contributed by atoms with Crippen molar-refractivity contribution in [3.8, 4) is 0 Å². The maximum absolute atomic E-state index is 10.7. The van der Waals surface area contributed by atoms with Crippen molar-refractivity contribution in [2.24, 2.45) is 0 Å². The van der Waals surface area contributed by atoms with E-state index in [0.29, 0.717) is 17.4 Å². The normalized spacial score (nSPS) is 10.6. The molecule has 0 saturated carbocycles. The number of carboxylic acid groups (broad SMARTS) is 2. The molecule has 1 aromatic rings. The topological polar surface area (TPSA) is 113 Å². The van der Waals surface area contributed by atoms with Crippen LogP contribution < -0.4 is 15.1 Å². The van der Waals surface area contributed by atoms with Gasteiger partial charge in [0.25, 0.3) is 0 Å². The Morgan fingerprint density at radius 1 is 1.36 bits per heavy atom. The number of aliphatic carboxylic acids is 1. The summed E-state index contributed by atoms with van der Waals surface area (Å²) in [4.78, 5) is 32.4. The molecular formula is C7H3NO5S-2. The highest BCUT2D eigenvalue weighted by Gasteiger charge is 2.05. The van der Waals surface area contributed by atoms with E-state index in [2.05, 4.69) is 4.98 Å². The number of carbonyl (C=O) groups is 2. The van der Waals surface area contributed by atoms with E-state index in [1.165, 1.54) is 0 Å². The molecule has 0 aromatic carbocycles. The zero-order valence-electron chi connectivity index (χ0n) is 6.60. The number of hydrogen-bond donors (Lipinski definition) is 1. The van der Waals surface area contributed by atoms with Crippen LogP contribution in [0, 0.1) is 0 Å². The van der Waals surface area contributed by atoms with E-state index in [1.54, 1.807) is 0 Å². The Morgan fingerprint density at radius 3 is 2.50 bits per heavy atom. The second kappa shape index (κ2) is 3.88. The van der Waals surface area contributed by atoms with Gasteiger partial charge < -0.3 is 24.8 Å². The molecule has 0 aliphatic heterocycles. The monoisotopic (exact) mass is 213 g/mol. The molecule has 74 valence electrons. The average molecular weight is 213 g/mol. The molecule has 0 aliphatic carbocycles. The SMILES string of the molecule is O=C([O-])/C=C\c1[nH]c(=O)sc1C(=O)[O-]. The molecule has 7 heteroatoms. The minimum absolute atomic E-state index is 0.107. The Hall–Kier alpha value is -1.89. The maximum atomic E-state index is 10.7. The van der Waals surface area contributed by atoms with Gasteiger partial charge in [0.2, 0.25) is 0 Å². The Labute approximate surface area is 81.1 Å². The van der Waals surface area contributed by atoms with E-state index >= 15 is 0 Å². The van der Waals surface area contributed by atoms with Gasteiger partial charge in [-0.25, -0.2) is 0 Å². The van der Waals surface area contributed by atoms with Crippen LogP contribution in [0.25, 0.3) is 6.08 Å². The fraction of sp³-hybridized carbons (Fsp3) is 0. The van der Waals surface area contributed by atoms with Crippen molar-refractivity contribution in [3.63, 3.8) is 0 Å². The highest BCUT2D eigenvalue weighted by atomic mass is 32.1. The molecular weight excluding hydrogens is 210 g/mol. The van der Waals surface area contributed by atoms with Crippen molar-refractivity contribution in [3.05, 3.63) is 26.3 Å². The van der Waals surface area contributed by atoms with Gasteiger partial charge in [-0.1, -0.05) is 11.3 Å². The minimum atomic E-state index is -1.54. The zero-order valence-corrected chi connectivity index (χ0v) is 7.42. The van der Waals surface area contributed by atoms with Gasteiger partial charge in [-0.3, -0.25) is 4.79 Å². The van der Waals surface area contributed by atoms with Gasteiger partial charge in [0.1, 0.15) is 0 Å². The molecule has 0 radical (unpaired) electrons. The molecule has 1 N–H and O–H groups in total.